The molecule has 4 nitrogen and oxygen atoms in total. The van der Waals surface area contributed by atoms with Crippen LogP contribution in [0, 0.1) is 0 Å². The normalized spacial score (nSPS) is 11.0. The quantitative estimate of drug-likeness (QED) is 0.791. The third-order valence-corrected chi connectivity index (χ3v) is 2.43. The largest absolute Gasteiger partial charge is 0.522 e. The molecule has 1 heterocycles. The van der Waals surface area contributed by atoms with Crippen molar-refractivity contribution in [2.45, 2.75) is 16.4 Å². The molecule has 2 rings (SSSR count). The zero-order chi connectivity index (χ0) is 11.6. The molecule has 1 aromatic carbocycles. The minimum Gasteiger partial charge on any atom is -0.147 e. The van der Waals surface area contributed by atoms with Gasteiger partial charge in [0, 0.05) is 56.3 Å². The molecular formula is C8H5F3KN4S. The summed E-state index contributed by atoms with van der Waals surface area (Å²) >= 11 is 1.02. The SMILES string of the molecule is FC(F)(F)n1nnc(Sc2ccccc2)n1.[K]. The maximum absolute atomic E-state index is 12.1. The van der Waals surface area contributed by atoms with Crippen LogP contribution in [-0.2, 0) is 6.30 Å². The van der Waals surface area contributed by atoms with E-state index in [0.717, 1.165) is 16.7 Å². The Morgan fingerprint density at radius 1 is 1.12 bits per heavy atom. The fourth-order valence-corrected chi connectivity index (χ4v) is 1.64. The Kier molecular flexibility index (Phi) is 5.60. The summed E-state index contributed by atoms with van der Waals surface area (Å²) in [4.78, 5) is 0.391. The van der Waals surface area contributed by atoms with Crippen molar-refractivity contribution in [1.29, 1.82) is 0 Å². The molecule has 1 aromatic heterocycles. The van der Waals surface area contributed by atoms with Crippen LogP contribution in [0.3, 0.4) is 0 Å². The van der Waals surface area contributed by atoms with E-state index in [1.165, 1.54) is 0 Å². The van der Waals surface area contributed by atoms with Crippen molar-refractivity contribution in [2.75, 3.05) is 0 Å². The molecule has 0 N–H and O–H groups in total. The first-order chi connectivity index (χ1) is 7.55. The molecule has 17 heavy (non-hydrogen) atoms. The predicted octanol–water partition coefficient (Wildman–Crippen LogP) is 1.92. The van der Waals surface area contributed by atoms with E-state index in [1.807, 2.05) is 6.07 Å². The molecule has 2 aromatic rings. The molecule has 9 heteroatoms. The molecule has 0 bridgehead atoms. The molecule has 0 atom stereocenters. The smallest absolute Gasteiger partial charge is 0.147 e. The number of alkyl halides is 3. The summed E-state index contributed by atoms with van der Waals surface area (Å²) < 4.78 is 36.4. The van der Waals surface area contributed by atoms with E-state index < -0.39 is 6.30 Å². The van der Waals surface area contributed by atoms with Crippen molar-refractivity contribution in [2.24, 2.45) is 0 Å². The number of tetrazole rings is 1. The molecule has 0 aliphatic rings. The fourth-order valence-electron chi connectivity index (χ4n) is 0.944. The van der Waals surface area contributed by atoms with Crippen LogP contribution in [0.5, 0.6) is 0 Å². The molecule has 1 radical (unpaired) electrons. The summed E-state index contributed by atoms with van der Waals surface area (Å²) in [5.74, 6) is 0. The predicted molar refractivity (Wildman–Crippen MR) is 55.4 cm³/mol. The van der Waals surface area contributed by atoms with Crippen LogP contribution >= 0.6 is 11.8 Å². The van der Waals surface area contributed by atoms with Gasteiger partial charge < -0.3 is 0 Å². The van der Waals surface area contributed by atoms with Crippen LogP contribution in [-0.4, -0.2) is 71.6 Å². The molecule has 0 unspecified atom stereocenters. The Bertz CT molecular complexity index is 473. The first-order valence-corrected chi connectivity index (χ1v) is 4.97. The minimum absolute atomic E-state index is 0. The summed E-state index contributed by atoms with van der Waals surface area (Å²) in [5.41, 5.74) is 0. The Labute approximate surface area is 141 Å². The number of nitrogens with zero attached hydrogens (tertiary/aromatic N) is 4. The van der Waals surface area contributed by atoms with E-state index in [-0.39, 0.29) is 61.3 Å². The molecular weight excluding hydrogens is 280 g/mol. The van der Waals surface area contributed by atoms with Crippen molar-refractivity contribution < 1.29 is 13.2 Å². The van der Waals surface area contributed by atoms with E-state index >= 15 is 0 Å². The molecule has 0 aliphatic carbocycles. The third kappa shape index (κ3) is 4.34. The zero-order valence-corrected chi connectivity index (χ0v) is 12.7. The minimum atomic E-state index is -4.62. The Morgan fingerprint density at radius 2 is 1.76 bits per heavy atom. The van der Waals surface area contributed by atoms with E-state index in [0.29, 0.717) is 0 Å². The van der Waals surface area contributed by atoms with Gasteiger partial charge in [0.15, 0.2) is 0 Å². The first-order valence-electron chi connectivity index (χ1n) is 4.16. The molecule has 0 spiro atoms. The second-order valence-corrected chi connectivity index (χ2v) is 3.79. The number of benzene rings is 1. The molecule has 0 amide bonds. The summed E-state index contributed by atoms with van der Waals surface area (Å²) in [6, 6.07) is 8.86. The summed E-state index contributed by atoms with van der Waals surface area (Å²) in [7, 11) is 0. The molecule has 0 aliphatic heterocycles. The van der Waals surface area contributed by atoms with Gasteiger partial charge in [-0.25, -0.2) is 0 Å². The van der Waals surface area contributed by atoms with E-state index in [9.17, 15) is 13.2 Å². The van der Waals surface area contributed by atoms with Crippen molar-refractivity contribution in [3.05, 3.63) is 30.3 Å². The number of rotatable bonds is 2. The standard InChI is InChI=1S/C8H5F3N4S.K/c9-8(10,11)15-13-7(12-14-15)16-6-4-2-1-3-5-6;/h1-5H;. The van der Waals surface area contributed by atoms with Crippen molar-refractivity contribution in [1.82, 2.24) is 20.2 Å². The topological polar surface area (TPSA) is 43.6 Å². The van der Waals surface area contributed by atoms with Gasteiger partial charge in [0.05, 0.1) is 0 Å². The van der Waals surface area contributed by atoms with Crippen molar-refractivity contribution in [3.63, 3.8) is 0 Å². The Hall–Kier alpha value is 0.0664. The summed E-state index contributed by atoms with van der Waals surface area (Å²) in [6.45, 7) is 0. The summed E-state index contributed by atoms with van der Waals surface area (Å²) in [6.07, 6.45) is -4.62. The molecule has 85 valence electrons. The van der Waals surface area contributed by atoms with Gasteiger partial charge in [-0.1, -0.05) is 23.0 Å². The first kappa shape index (κ1) is 15.1. The van der Waals surface area contributed by atoms with Crippen LogP contribution in [0.25, 0.3) is 0 Å². The van der Waals surface area contributed by atoms with Gasteiger partial charge in [0.1, 0.15) is 0 Å². The van der Waals surface area contributed by atoms with Crippen LogP contribution in [0.15, 0.2) is 40.4 Å². The number of hydrogen-bond acceptors (Lipinski definition) is 4. The Balaban J connectivity index is 0.00000144. The van der Waals surface area contributed by atoms with E-state index in [2.05, 4.69) is 15.4 Å². The van der Waals surface area contributed by atoms with Crippen LogP contribution in [0.1, 0.15) is 0 Å². The number of hydrogen-bond donors (Lipinski definition) is 0. The maximum Gasteiger partial charge on any atom is 0.522 e. The van der Waals surface area contributed by atoms with Gasteiger partial charge in [0.25, 0.3) is 0 Å². The van der Waals surface area contributed by atoms with Gasteiger partial charge in [-0.05, 0) is 29.1 Å². The van der Waals surface area contributed by atoms with Gasteiger partial charge in [0.2, 0.25) is 5.16 Å². The van der Waals surface area contributed by atoms with Crippen molar-refractivity contribution >= 4 is 63.1 Å². The third-order valence-electron chi connectivity index (χ3n) is 1.57. The Morgan fingerprint density at radius 3 is 2.29 bits per heavy atom. The number of halogens is 3. The molecule has 0 saturated heterocycles. The second-order valence-electron chi connectivity index (χ2n) is 2.74. The summed E-state index contributed by atoms with van der Waals surface area (Å²) in [5, 5.41) is 9.39. The fraction of sp³-hybridized carbons (Fsp3) is 0.125. The monoisotopic (exact) mass is 285 g/mol. The van der Waals surface area contributed by atoms with Gasteiger partial charge in [-0.3, -0.25) is 0 Å². The average Bonchev–Trinajstić information content (AvgIpc) is 2.67. The maximum atomic E-state index is 12.1. The van der Waals surface area contributed by atoms with Gasteiger partial charge in [-0.2, -0.15) is 0 Å². The van der Waals surface area contributed by atoms with Crippen molar-refractivity contribution in [3.8, 4) is 0 Å². The average molecular weight is 285 g/mol. The number of aromatic nitrogens is 4. The van der Waals surface area contributed by atoms with Gasteiger partial charge in [-0.15, -0.1) is 23.4 Å². The second kappa shape index (κ2) is 6.30. The zero-order valence-electron chi connectivity index (χ0n) is 8.72. The van der Waals surface area contributed by atoms with Gasteiger partial charge >= 0.3 is 6.30 Å². The van der Waals surface area contributed by atoms with Crippen LogP contribution in [0.2, 0.25) is 0 Å². The van der Waals surface area contributed by atoms with Crippen LogP contribution < -0.4 is 0 Å². The van der Waals surface area contributed by atoms with E-state index in [1.54, 1.807) is 24.3 Å². The van der Waals surface area contributed by atoms with Crippen LogP contribution in [0.4, 0.5) is 13.2 Å². The molecule has 0 fully saturated rings. The molecule has 0 saturated carbocycles. The van der Waals surface area contributed by atoms with E-state index in [4.69, 9.17) is 0 Å².